The maximum Gasteiger partial charge on any atom is 0.00823 e. The molecule has 0 aliphatic heterocycles. The van der Waals surface area contributed by atoms with Gasteiger partial charge in [0, 0.05) is 12.1 Å². The Morgan fingerprint density at radius 2 is 2.06 bits per heavy atom. The largest absolute Gasteiger partial charge is 0.328 e. The summed E-state index contributed by atoms with van der Waals surface area (Å²) >= 11 is 0. The molecule has 0 bridgehead atoms. The van der Waals surface area contributed by atoms with Gasteiger partial charge in [-0.15, -0.1) is 0 Å². The van der Waals surface area contributed by atoms with Crippen LogP contribution in [0.3, 0.4) is 0 Å². The van der Waals surface area contributed by atoms with Gasteiger partial charge in [0.05, 0.1) is 0 Å². The second-order valence-corrected chi connectivity index (χ2v) is 5.32. The highest BCUT2D eigenvalue weighted by atomic mass is 14.9. The summed E-state index contributed by atoms with van der Waals surface area (Å²) in [5.74, 6) is 0.638. The van der Waals surface area contributed by atoms with Crippen molar-refractivity contribution in [3.63, 3.8) is 0 Å². The van der Waals surface area contributed by atoms with Gasteiger partial charge in [-0.3, -0.25) is 0 Å². The molecule has 3 unspecified atom stereocenters. The highest BCUT2D eigenvalue weighted by Crippen LogP contribution is 2.20. The van der Waals surface area contributed by atoms with E-state index in [4.69, 9.17) is 5.73 Å². The maximum absolute atomic E-state index is 5.91. The molecular weight excluding hydrogens is 208 g/mol. The minimum absolute atomic E-state index is 0.430. The Morgan fingerprint density at radius 1 is 1.29 bits per heavy atom. The quantitative estimate of drug-likeness (QED) is 0.819. The monoisotopic (exact) mass is 232 g/mol. The van der Waals surface area contributed by atoms with Gasteiger partial charge in [0.25, 0.3) is 0 Å². The number of hydrogen-bond donors (Lipinski definition) is 2. The minimum atomic E-state index is 0.430. The number of nitrogens with one attached hydrogen (secondary N) is 1. The van der Waals surface area contributed by atoms with E-state index in [2.05, 4.69) is 42.6 Å². The van der Waals surface area contributed by atoms with Gasteiger partial charge in [-0.05, 0) is 43.7 Å². The van der Waals surface area contributed by atoms with E-state index >= 15 is 0 Å². The Morgan fingerprint density at radius 3 is 2.71 bits per heavy atom. The van der Waals surface area contributed by atoms with Gasteiger partial charge in [0.15, 0.2) is 0 Å². The van der Waals surface area contributed by atoms with Crippen LogP contribution in [0.4, 0.5) is 0 Å². The summed E-state index contributed by atoms with van der Waals surface area (Å²) in [5, 5.41) is 3.63. The Bertz CT molecular complexity index is 323. The fraction of sp³-hybridized carbons (Fsp3) is 0.600. The van der Waals surface area contributed by atoms with Crippen molar-refractivity contribution in [1.82, 2.24) is 5.32 Å². The third-order valence-corrected chi connectivity index (χ3v) is 3.85. The number of hydrogen-bond acceptors (Lipinski definition) is 2. The minimum Gasteiger partial charge on any atom is -0.328 e. The fourth-order valence-corrected chi connectivity index (χ4v) is 2.65. The number of benzene rings is 1. The van der Waals surface area contributed by atoms with Crippen LogP contribution in [0.5, 0.6) is 0 Å². The maximum atomic E-state index is 5.91. The third kappa shape index (κ3) is 3.83. The molecule has 1 aliphatic rings. The summed E-state index contributed by atoms with van der Waals surface area (Å²) in [6.45, 7) is 3.41. The van der Waals surface area contributed by atoms with Gasteiger partial charge in [-0.1, -0.05) is 37.3 Å². The van der Waals surface area contributed by atoms with Gasteiger partial charge in [-0.2, -0.15) is 0 Å². The second kappa shape index (κ2) is 6.18. The zero-order valence-electron chi connectivity index (χ0n) is 10.7. The summed E-state index contributed by atoms with van der Waals surface area (Å²) in [6.07, 6.45) is 4.79. The Hall–Kier alpha value is -0.860. The van der Waals surface area contributed by atoms with Crippen LogP contribution in [-0.2, 0) is 0 Å². The fourth-order valence-electron chi connectivity index (χ4n) is 2.65. The van der Waals surface area contributed by atoms with E-state index < -0.39 is 0 Å². The molecule has 1 fully saturated rings. The lowest BCUT2D eigenvalue weighted by Crippen LogP contribution is -2.29. The zero-order chi connectivity index (χ0) is 12.1. The van der Waals surface area contributed by atoms with Crippen LogP contribution in [0.1, 0.15) is 44.1 Å². The second-order valence-electron chi connectivity index (χ2n) is 5.32. The van der Waals surface area contributed by atoms with Gasteiger partial charge in [-0.25, -0.2) is 0 Å². The van der Waals surface area contributed by atoms with Crippen LogP contribution in [-0.4, -0.2) is 18.6 Å². The van der Waals surface area contributed by atoms with Crippen LogP contribution in [0.25, 0.3) is 0 Å². The molecule has 94 valence electrons. The molecule has 2 heteroatoms. The summed E-state index contributed by atoms with van der Waals surface area (Å²) in [7, 11) is 0. The molecule has 0 aromatic heterocycles. The van der Waals surface area contributed by atoms with Gasteiger partial charge >= 0.3 is 0 Å². The first-order valence-electron chi connectivity index (χ1n) is 6.79. The summed E-state index contributed by atoms with van der Waals surface area (Å²) in [6, 6.07) is 11.8. The average molecular weight is 232 g/mol. The van der Waals surface area contributed by atoms with E-state index in [0.717, 1.165) is 13.0 Å². The Balaban J connectivity index is 1.68. The first-order chi connectivity index (χ1) is 8.25. The van der Waals surface area contributed by atoms with E-state index in [9.17, 15) is 0 Å². The molecule has 3 atom stereocenters. The highest BCUT2D eigenvalue weighted by molar-refractivity contribution is 5.18. The lowest BCUT2D eigenvalue weighted by Gasteiger charge is -2.15. The van der Waals surface area contributed by atoms with Crippen molar-refractivity contribution in [3.05, 3.63) is 35.9 Å². The lowest BCUT2D eigenvalue weighted by atomic mass is 9.98. The number of rotatable bonds is 5. The van der Waals surface area contributed by atoms with Gasteiger partial charge in [0.2, 0.25) is 0 Å². The van der Waals surface area contributed by atoms with E-state index in [1.165, 1.54) is 24.8 Å². The van der Waals surface area contributed by atoms with Crippen molar-refractivity contribution in [2.24, 2.45) is 5.73 Å². The van der Waals surface area contributed by atoms with Gasteiger partial charge < -0.3 is 11.1 Å². The van der Waals surface area contributed by atoms with Crippen LogP contribution in [0.2, 0.25) is 0 Å². The highest BCUT2D eigenvalue weighted by Gasteiger charge is 2.20. The van der Waals surface area contributed by atoms with Crippen LogP contribution >= 0.6 is 0 Å². The molecule has 0 heterocycles. The molecule has 0 saturated heterocycles. The molecule has 2 nitrogen and oxygen atoms in total. The molecule has 1 aromatic rings. The molecule has 1 saturated carbocycles. The topological polar surface area (TPSA) is 38.0 Å². The average Bonchev–Trinajstić information content (AvgIpc) is 2.76. The van der Waals surface area contributed by atoms with Crippen molar-refractivity contribution >= 4 is 0 Å². The lowest BCUT2D eigenvalue weighted by molar-refractivity contribution is 0.492. The SMILES string of the molecule is CC(CCNC1CCC(N)C1)c1ccccc1. The smallest absolute Gasteiger partial charge is 0.00823 e. The van der Waals surface area contributed by atoms with Crippen molar-refractivity contribution in [2.75, 3.05) is 6.54 Å². The van der Waals surface area contributed by atoms with Crippen LogP contribution in [0.15, 0.2) is 30.3 Å². The van der Waals surface area contributed by atoms with Gasteiger partial charge in [0.1, 0.15) is 0 Å². The summed E-state index contributed by atoms with van der Waals surface area (Å²) in [4.78, 5) is 0. The predicted octanol–water partition coefficient (Wildman–Crippen LogP) is 2.65. The van der Waals surface area contributed by atoms with Crippen molar-refractivity contribution < 1.29 is 0 Å². The van der Waals surface area contributed by atoms with Crippen molar-refractivity contribution in [3.8, 4) is 0 Å². The molecule has 1 aliphatic carbocycles. The Kier molecular flexibility index (Phi) is 4.57. The molecule has 3 N–H and O–H groups in total. The molecule has 0 spiro atoms. The van der Waals surface area contributed by atoms with E-state index in [1.54, 1.807) is 0 Å². The van der Waals surface area contributed by atoms with E-state index in [-0.39, 0.29) is 0 Å². The molecule has 1 aromatic carbocycles. The van der Waals surface area contributed by atoms with E-state index in [0.29, 0.717) is 18.0 Å². The molecular formula is C15H24N2. The Labute approximate surface area is 105 Å². The zero-order valence-corrected chi connectivity index (χ0v) is 10.7. The van der Waals surface area contributed by atoms with Crippen LogP contribution < -0.4 is 11.1 Å². The van der Waals surface area contributed by atoms with Crippen molar-refractivity contribution in [1.29, 1.82) is 0 Å². The molecule has 0 radical (unpaired) electrons. The first-order valence-corrected chi connectivity index (χ1v) is 6.79. The molecule has 0 amide bonds. The van der Waals surface area contributed by atoms with Crippen molar-refractivity contribution in [2.45, 2.75) is 50.6 Å². The summed E-state index contributed by atoms with van der Waals surface area (Å²) in [5.41, 5.74) is 7.35. The standard InChI is InChI=1S/C15H24N2/c1-12(13-5-3-2-4-6-13)9-10-17-15-8-7-14(16)11-15/h2-6,12,14-15,17H,7-11,16H2,1H3. The van der Waals surface area contributed by atoms with Crippen LogP contribution in [0, 0.1) is 0 Å². The van der Waals surface area contributed by atoms with E-state index in [1.807, 2.05) is 0 Å². The number of nitrogens with two attached hydrogens (primary N) is 1. The third-order valence-electron chi connectivity index (χ3n) is 3.85. The molecule has 17 heavy (non-hydrogen) atoms. The normalized spacial score (nSPS) is 26.0. The predicted molar refractivity (Wildman–Crippen MR) is 73.1 cm³/mol. The molecule has 2 rings (SSSR count). The summed E-state index contributed by atoms with van der Waals surface area (Å²) < 4.78 is 0. The first kappa shape index (κ1) is 12.6.